The molecular formula is C15H26O3Si2. The summed E-state index contributed by atoms with van der Waals surface area (Å²) in [6.45, 7) is 12.8. The van der Waals surface area contributed by atoms with Crippen LogP contribution in [0.15, 0.2) is 30.3 Å². The van der Waals surface area contributed by atoms with Gasteiger partial charge in [0.15, 0.2) is 8.32 Å². The molecule has 1 aromatic carbocycles. The minimum absolute atomic E-state index is 0.159. The van der Waals surface area contributed by atoms with Crippen molar-refractivity contribution in [3.63, 3.8) is 0 Å². The van der Waals surface area contributed by atoms with Crippen LogP contribution in [0.2, 0.25) is 39.3 Å². The molecule has 5 heteroatoms. The summed E-state index contributed by atoms with van der Waals surface area (Å²) in [7, 11) is -3.54. The van der Waals surface area contributed by atoms with Crippen LogP contribution < -0.4 is 0 Å². The molecule has 0 spiro atoms. The van der Waals surface area contributed by atoms with Crippen molar-refractivity contribution < 1.29 is 13.6 Å². The molecule has 0 aromatic heterocycles. The second kappa shape index (κ2) is 6.69. The molecule has 0 aliphatic rings. The minimum Gasteiger partial charge on any atom is -0.519 e. The normalized spacial score (nSPS) is 13.9. The van der Waals surface area contributed by atoms with E-state index in [-0.39, 0.29) is 11.9 Å². The first-order chi connectivity index (χ1) is 9.08. The van der Waals surface area contributed by atoms with Crippen molar-refractivity contribution in [1.82, 2.24) is 0 Å². The van der Waals surface area contributed by atoms with Crippen LogP contribution in [0.1, 0.15) is 11.5 Å². The number of carbonyl (C=O) groups excluding carboxylic acids is 1. The van der Waals surface area contributed by atoms with Gasteiger partial charge in [0.1, 0.15) is 5.92 Å². The van der Waals surface area contributed by atoms with Gasteiger partial charge in [0.25, 0.3) is 0 Å². The first-order valence-corrected chi connectivity index (χ1v) is 13.8. The van der Waals surface area contributed by atoms with Gasteiger partial charge in [0.05, 0.1) is 6.61 Å². The van der Waals surface area contributed by atoms with E-state index < -0.39 is 16.6 Å². The highest BCUT2D eigenvalue weighted by Gasteiger charge is 2.29. The van der Waals surface area contributed by atoms with E-state index in [1.165, 1.54) is 0 Å². The second-order valence-electron chi connectivity index (χ2n) is 6.92. The summed E-state index contributed by atoms with van der Waals surface area (Å²) in [5.41, 5.74) is 0.967. The van der Waals surface area contributed by atoms with Crippen LogP contribution in [-0.2, 0) is 13.6 Å². The van der Waals surface area contributed by atoms with Gasteiger partial charge in [0, 0.05) is 0 Å². The zero-order valence-electron chi connectivity index (χ0n) is 13.4. The van der Waals surface area contributed by atoms with Gasteiger partial charge in [-0.15, -0.1) is 0 Å². The number of hydrogen-bond acceptors (Lipinski definition) is 3. The van der Waals surface area contributed by atoms with Crippen molar-refractivity contribution in [1.29, 1.82) is 0 Å². The van der Waals surface area contributed by atoms with Crippen molar-refractivity contribution in [3.8, 4) is 0 Å². The maximum Gasteiger partial charge on any atom is 0.302 e. The van der Waals surface area contributed by atoms with E-state index in [1.807, 2.05) is 50.0 Å². The van der Waals surface area contributed by atoms with Crippen LogP contribution in [-0.4, -0.2) is 29.2 Å². The van der Waals surface area contributed by atoms with E-state index in [9.17, 15) is 4.79 Å². The zero-order valence-corrected chi connectivity index (χ0v) is 15.4. The predicted molar refractivity (Wildman–Crippen MR) is 87.9 cm³/mol. The highest BCUT2D eigenvalue weighted by molar-refractivity contribution is 6.71. The monoisotopic (exact) mass is 310 g/mol. The van der Waals surface area contributed by atoms with Gasteiger partial charge in [-0.3, -0.25) is 4.79 Å². The molecule has 0 fully saturated rings. The summed E-state index contributed by atoms with van der Waals surface area (Å²) in [6.07, 6.45) is 0. The molecule has 0 amide bonds. The lowest BCUT2D eigenvalue weighted by Gasteiger charge is -2.26. The average Bonchev–Trinajstić information content (AvgIpc) is 2.26. The van der Waals surface area contributed by atoms with Gasteiger partial charge < -0.3 is 8.85 Å². The van der Waals surface area contributed by atoms with E-state index >= 15 is 0 Å². The molecule has 0 heterocycles. The fourth-order valence-electron chi connectivity index (χ4n) is 1.69. The van der Waals surface area contributed by atoms with Crippen molar-refractivity contribution in [2.45, 2.75) is 45.2 Å². The Morgan fingerprint density at radius 3 is 2.00 bits per heavy atom. The molecule has 0 aliphatic heterocycles. The van der Waals surface area contributed by atoms with E-state index in [2.05, 4.69) is 19.6 Å². The van der Waals surface area contributed by atoms with Gasteiger partial charge in [-0.05, 0) is 44.8 Å². The average molecular weight is 311 g/mol. The lowest BCUT2D eigenvalue weighted by atomic mass is 10.0. The Labute approximate surface area is 124 Å². The quantitative estimate of drug-likeness (QED) is 0.745. The molecule has 0 radical (unpaired) electrons. The maximum atomic E-state index is 12.4. The van der Waals surface area contributed by atoms with Gasteiger partial charge >= 0.3 is 5.97 Å². The van der Waals surface area contributed by atoms with Crippen LogP contribution in [0.4, 0.5) is 0 Å². The van der Waals surface area contributed by atoms with Gasteiger partial charge in [-0.25, -0.2) is 0 Å². The summed E-state index contributed by atoms with van der Waals surface area (Å²) in [5, 5.41) is 0. The Bertz CT molecular complexity index is 433. The van der Waals surface area contributed by atoms with Crippen molar-refractivity contribution in [2.24, 2.45) is 0 Å². The van der Waals surface area contributed by atoms with E-state index in [0.29, 0.717) is 6.61 Å². The molecule has 3 nitrogen and oxygen atoms in total. The molecule has 1 atom stereocenters. The Hall–Kier alpha value is -0.916. The van der Waals surface area contributed by atoms with Gasteiger partial charge in [0.2, 0.25) is 8.32 Å². The zero-order chi connectivity index (χ0) is 15.4. The molecule has 1 rings (SSSR count). The van der Waals surface area contributed by atoms with Crippen molar-refractivity contribution in [2.75, 3.05) is 6.61 Å². The Morgan fingerprint density at radius 1 is 1.00 bits per heavy atom. The number of benzene rings is 1. The standard InChI is InChI=1S/C15H26O3Si2/c1-19(2,3)17-12-14(13-10-8-7-9-11-13)15(16)18-20(4,5)6/h7-11,14H,12H2,1-6H3/t14-/m0/s1. The topological polar surface area (TPSA) is 35.5 Å². The molecule has 20 heavy (non-hydrogen) atoms. The third-order valence-electron chi connectivity index (χ3n) is 2.58. The smallest absolute Gasteiger partial charge is 0.302 e. The second-order valence-corrected chi connectivity index (χ2v) is 15.9. The number of rotatable bonds is 6. The fraction of sp³-hybridized carbons (Fsp3) is 0.533. The molecule has 0 unspecified atom stereocenters. The van der Waals surface area contributed by atoms with Gasteiger partial charge in [-0.1, -0.05) is 30.3 Å². The summed E-state index contributed by atoms with van der Waals surface area (Å²) >= 11 is 0. The van der Waals surface area contributed by atoms with Crippen LogP contribution in [0.25, 0.3) is 0 Å². The van der Waals surface area contributed by atoms with E-state index in [4.69, 9.17) is 8.85 Å². The van der Waals surface area contributed by atoms with Crippen LogP contribution in [0.5, 0.6) is 0 Å². The van der Waals surface area contributed by atoms with Gasteiger partial charge in [-0.2, -0.15) is 0 Å². The summed E-state index contributed by atoms with van der Waals surface area (Å²) in [5.74, 6) is -0.483. The lowest BCUT2D eigenvalue weighted by Crippen LogP contribution is -2.35. The Balaban J connectivity index is 2.88. The predicted octanol–water partition coefficient (Wildman–Crippen LogP) is 4.00. The van der Waals surface area contributed by atoms with Crippen molar-refractivity contribution >= 4 is 22.6 Å². The number of hydrogen-bond donors (Lipinski definition) is 0. The fourth-order valence-corrected chi connectivity index (χ4v) is 3.10. The van der Waals surface area contributed by atoms with E-state index in [1.54, 1.807) is 0 Å². The lowest BCUT2D eigenvalue weighted by molar-refractivity contribution is -0.137. The number of carbonyl (C=O) groups is 1. The third-order valence-corrected chi connectivity index (χ3v) is 4.42. The minimum atomic E-state index is -1.88. The van der Waals surface area contributed by atoms with E-state index in [0.717, 1.165) is 5.56 Å². The molecule has 1 aromatic rings. The molecule has 112 valence electrons. The van der Waals surface area contributed by atoms with Crippen LogP contribution in [0.3, 0.4) is 0 Å². The van der Waals surface area contributed by atoms with Crippen LogP contribution >= 0.6 is 0 Å². The first kappa shape index (κ1) is 17.1. The summed E-state index contributed by atoms with van der Waals surface area (Å²) in [6, 6.07) is 9.76. The SMILES string of the molecule is C[Si](C)(C)OC[C@H](C(=O)O[Si](C)(C)C)c1ccccc1. The molecule has 0 aliphatic carbocycles. The summed E-state index contributed by atoms with van der Waals surface area (Å²) < 4.78 is 11.6. The highest BCUT2D eigenvalue weighted by Crippen LogP contribution is 2.21. The largest absolute Gasteiger partial charge is 0.519 e. The first-order valence-electron chi connectivity index (χ1n) is 7.00. The molecule has 0 saturated heterocycles. The Kier molecular flexibility index (Phi) is 5.73. The molecule has 0 bridgehead atoms. The summed E-state index contributed by atoms with van der Waals surface area (Å²) in [4.78, 5) is 12.4. The highest BCUT2D eigenvalue weighted by atomic mass is 28.4. The third kappa shape index (κ3) is 6.50. The Morgan fingerprint density at radius 2 is 1.55 bits per heavy atom. The van der Waals surface area contributed by atoms with Crippen LogP contribution in [0, 0.1) is 0 Å². The molecule has 0 N–H and O–H groups in total. The molecular weight excluding hydrogens is 284 g/mol. The van der Waals surface area contributed by atoms with Crippen molar-refractivity contribution in [3.05, 3.63) is 35.9 Å². The molecule has 0 saturated carbocycles. The maximum absolute atomic E-state index is 12.4.